The summed E-state index contributed by atoms with van der Waals surface area (Å²) in [6, 6.07) is 23.0. The van der Waals surface area contributed by atoms with Crippen LogP contribution in [0.3, 0.4) is 0 Å². The minimum absolute atomic E-state index is 0.0821. The highest BCUT2D eigenvalue weighted by atomic mass is 32.1. The van der Waals surface area contributed by atoms with Crippen molar-refractivity contribution >= 4 is 39.1 Å². The van der Waals surface area contributed by atoms with Crippen LogP contribution < -0.4 is 4.80 Å². The number of thiazole rings is 1. The summed E-state index contributed by atoms with van der Waals surface area (Å²) in [5, 5.41) is 11.2. The lowest BCUT2D eigenvalue weighted by atomic mass is 9.91. The molecule has 0 spiro atoms. The highest BCUT2D eigenvalue weighted by Gasteiger charge is 2.23. The first-order chi connectivity index (χ1) is 16.5. The van der Waals surface area contributed by atoms with Crippen molar-refractivity contribution in [1.29, 1.82) is 0 Å². The van der Waals surface area contributed by atoms with Gasteiger partial charge in [-0.2, -0.15) is 4.99 Å². The fourth-order valence-corrected chi connectivity index (χ4v) is 4.74. The molecule has 0 unspecified atom stereocenters. The fraction of sp³-hybridized carbons (Fsp3) is 0.160. The standard InChI is InChI=1S/C25H21N3O5S/c1-2-33-22(29)16-27-20-14-13-19(28(31)32)15-21(20)34-25(27)26-24(30)23(17-9-5-3-6-10-17)18-11-7-4-8-12-18/h3-15,23H,2,16H2,1H3. The van der Waals surface area contributed by atoms with Crippen LogP contribution in [0.15, 0.2) is 83.9 Å². The number of amides is 1. The summed E-state index contributed by atoms with van der Waals surface area (Å²) < 4.78 is 7.19. The normalized spacial score (nSPS) is 11.6. The average Bonchev–Trinajstić information content (AvgIpc) is 3.16. The number of nitrogens with zero attached hydrogens (tertiary/aromatic N) is 3. The highest BCUT2D eigenvalue weighted by Crippen LogP contribution is 2.27. The molecule has 0 N–H and O–H groups in total. The quantitative estimate of drug-likeness (QED) is 0.223. The molecule has 0 atom stereocenters. The topological polar surface area (TPSA) is 104 Å². The second-order valence-electron chi connectivity index (χ2n) is 7.39. The van der Waals surface area contributed by atoms with Crippen LogP contribution in [0.1, 0.15) is 24.0 Å². The number of nitro groups is 1. The van der Waals surface area contributed by atoms with Crippen molar-refractivity contribution in [2.45, 2.75) is 19.4 Å². The molecule has 1 amide bonds. The van der Waals surface area contributed by atoms with Gasteiger partial charge in [0.2, 0.25) is 0 Å². The number of nitro benzene ring substituents is 1. The van der Waals surface area contributed by atoms with E-state index in [0.717, 1.165) is 22.5 Å². The summed E-state index contributed by atoms with van der Waals surface area (Å²) in [5.74, 6) is -1.54. The second-order valence-corrected chi connectivity index (χ2v) is 8.40. The first kappa shape index (κ1) is 23.1. The number of benzene rings is 3. The molecule has 0 aliphatic heterocycles. The Morgan fingerprint density at radius 3 is 2.21 bits per heavy atom. The molecule has 172 valence electrons. The lowest BCUT2D eigenvalue weighted by Gasteiger charge is -2.14. The maximum absolute atomic E-state index is 13.5. The highest BCUT2D eigenvalue weighted by molar-refractivity contribution is 7.16. The van der Waals surface area contributed by atoms with Crippen LogP contribution in [0, 0.1) is 10.1 Å². The third kappa shape index (κ3) is 4.94. The smallest absolute Gasteiger partial charge is 0.326 e. The number of hydrogen-bond acceptors (Lipinski definition) is 6. The van der Waals surface area contributed by atoms with Crippen LogP contribution >= 0.6 is 11.3 Å². The Bertz CT molecular complexity index is 1370. The van der Waals surface area contributed by atoms with Gasteiger partial charge < -0.3 is 9.30 Å². The zero-order chi connectivity index (χ0) is 24.1. The van der Waals surface area contributed by atoms with Crippen LogP contribution in [0.2, 0.25) is 0 Å². The lowest BCUT2D eigenvalue weighted by Crippen LogP contribution is -2.24. The van der Waals surface area contributed by atoms with E-state index in [9.17, 15) is 19.7 Å². The number of non-ortho nitro benzene ring substituents is 1. The van der Waals surface area contributed by atoms with Gasteiger partial charge in [-0.05, 0) is 24.1 Å². The van der Waals surface area contributed by atoms with Gasteiger partial charge in [-0.15, -0.1) is 0 Å². The summed E-state index contributed by atoms with van der Waals surface area (Å²) in [5.41, 5.74) is 2.06. The first-order valence-corrected chi connectivity index (χ1v) is 11.4. The molecule has 0 saturated carbocycles. The zero-order valence-corrected chi connectivity index (χ0v) is 19.1. The fourth-order valence-electron chi connectivity index (χ4n) is 3.68. The number of aromatic nitrogens is 1. The Morgan fingerprint density at radius 1 is 1.03 bits per heavy atom. The van der Waals surface area contributed by atoms with E-state index in [1.165, 1.54) is 12.1 Å². The molecule has 8 nitrogen and oxygen atoms in total. The molecule has 3 aromatic carbocycles. The van der Waals surface area contributed by atoms with Crippen molar-refractivity contribution in [3.63, 3.8) is 0 Å². The molecule has 0 fully saturated rings. The summed E-state index contributed by atoms with van der Waals surface area (Å²) in [6.07, 6.45) is 0. The van der Waals surface area contributed by atoms with Crippen LogP contribution in [0.4, 0.5) is 5.69 Å². The molecule has 0 aliphatic carbocycles. The number of esters is 1. The van der Waals surface area contributed by atoms with E-state index in [-0.39, 0.29) is 23.6 Å². The minimum Gasteiger partial charge on any atom is -0.465 e. The Hall–Kier alpha value is -4.11. The van der Waals surface area contributed by atoms with Gasteiger partial charge in [-0.25, -0.2) is 0 Å². The first-order valence-electron chi connectivity index (χ1n) is 10.6. The lowest BCUT2D eigenvalue weighted by molar-refractivity contribution is -0.384. The van der Waals surface area contributed by atoms with Crippen molar-refractivity contribution in [1.82, 2.24) is 4.57 Å². The Kier molecular flexibility index (Phi) is 6.93. The number of carbonyl (C=O) groups excluding carboxylic acids is 2. The number of rotatable bonds is 7. The van der Waals surface area contributed by atoms with Gasteiger partial charge >= 0.3 is 5.97 Å². The zero-order valence-electron chi connectivity index (χ0n) is 18.3. The summed E-state index contributed by atoms with van der Waals surface area (Å²) in [7, 11) is 0. The van der Waals surface area contributed by atoms with Gasteiger partial charge in [0.25, 0.3) is 11.6 Å². The van der Waals surface area contributed by atoms with Gasteiger partial charge in [0, 0.05) is 12.1 Å². The third-order valence-corrected chi connectivity index (χ3v) is 6.23. The number of hydrogen-bond donors (Lipinski definition) is 0. The molecule has 34 heavy (non-hydrogen) atoms. The molecular weight excluding hydrogens is 454 g/mol. The van der Waals surface area contributed by atoms with E-state index in [0.29, 0.717) is 10.2 Å². The van der Waals surface area contributed by atoms with E-state index in [1.54, 1.807) is 17.6 Å². The van der Waals surface area contributed by atoms with Gasteiger partial charge in [0.15, 0.2) is 4.80 Å². The van der Waals surface area contributed by atoms with Crippen molar-refractivity contribution in [2.75, 3.05) is 6.61 Å². The Balaban J connectivity index is 1.86. The Morgan fingerprint density at radius 2 is 1.65 bits per heavy atom. The van der Waals surface area contributed by atoms with Gasteiger partial charge in [-0.3, -0.25) is 19.7 Å². The van der Waals surface area contributed by atoms with E-state index >= 15 is 0 Å². The van der Waals surface area contributed by atoms with E-state index in [1.807, 2.05) is 60.7 Å². The molecule has 4 rings (SSSR count). The number of carbonyl (C=O) groups is 2. The summed E-state index contributed by atoms with van der Waals surface area (Å²) in [6.45, 7) is 1.75. The maximum atomic E-state index is 13.5. The molecule has 1 heterocycles. The predicted molar refractivity (Wildman–Crippen MR) is 128 cm³/mol. The predicted octanol–water partition coefficient (Wildman–Crippen LogP) is 4.43. The van der Waals surface area contributed by atoms with Crippen molar-refractivity contribution in [2.24, 2.45) is 4.99 Å². The molecule has 0 aliphatic rings. The van der Waals surface area contributed by atoms with Crippen molar-refractivity contribution < 1.29 is 19.2 Å². The van der Waals surface area contributed by atoms with E-state index in [4.69, 9.17) is 4.74 Å². The van der Waals surface area contributed by atoms with Crippen LogP contribution in [-0.2, 0) is 20.9 Å². The molecular formula is C25H21N3O5S. The largest absolute Gasteiger partial charge is 0.465 e. The van der Waals surface area contributed by atoms with Crippen molar-refractivity contribution in [3.8, 4) is 0 Å². The minimum atomic E-state index is -0.641. The van der Waals surface area contributed by atoms with Gasteiger partial charge in [-0.1, -0.05) is 72.0 Å². The molecule has 0 radical (unpaired) electrons. The Labute approximate surface area is 198 Å². The monoisotopic (exact) mass is 475 g/mol. The third-order valence-electron chi connectivity index (χ3n) is 5.19. The molecule has 0 bridgehead atoms. The number of ether oxygens (including phenoxy) is 1. The molecule has 1 aromatic heterocycles. The van der Waals surface area contributed by atoms with Crippen LogP contribution in [-0.4, -0.2) is 28.0 Å². The van der Waals surface area contributed by atoms with Gasteiger partial charge in [0.1, 0.15) is 6.54 Å². The molecule has 0 saturated heterocycles. The summed E-state index contributed by atoms with van der Waals surface area (Å²) in [4.78, 5) is 41.2. The number of fused-ring (bicyclic) bond motifs is 1. The summed E-state index contributed by atoms with van der Waals surface area (Å²) >= 11 is 1.11. The average molecular weight is 476 g/mol. The molecule has 4 aromatic rings. The van der Waals surface area contributed by atoms with Crippen LogP contribution in [0.5, 0.6) is 0 Å². The maximum Gasteiger partial charge on any atom is 0.326 e. The van der Waals surface area contributed by atoms with E-state index in [2.05, 4.69) is 4.99 Å². The van der Waals surface area contributed by atoms with Crippen molar-refractivity contribution in [3.05, 3.63) is 105 Å². The van der Waals surface area contributed by atoms with Crippen LogP contribution in [0.25, 0.3) is 10.2 Å². The molecule has 9 heteroatoms. The second kappa shape index (κ2) is 10.2. The SMILES string of the molecule is CCOC(=O)Cn1c(=NC(=O)C(c2ccccc2)c2ccccc2)sc2cc([N+](=O)[O-])ccc21. The van der Waals surface area contributed by atoms with E-state index < -0.39 is 22.7 Å². The van der Waals surface area contributed by atoms with Gasteiger partial charge in [0.05, 0.1) is 27.7 Å².